The van der Waals surface area contributed by atoms with Crippen LogP contribution in [0.2, 0.25) is 0 Å². The summed E-state index contributed by atoms with van der Waals surface area (Å²) in [4.78, 5) is 16.6. The van der Waals surface area contributed by atoms with Crippen LogP contribution in [0, 0.1) is 5.92 Å². The lowest BCUT2D eigenvalue weighted by molar-refractivity contribution is -0.131. The van der Waals surface area contributed by atoms with Gasteiger partial charge in [0, 0.05) is 19.1 Å². The molecule has 2 unspecified atom stereocenters. The summed E-state index contributed by atoms with van der Waals surface area (Å²) in [7, 11) is 2.11. The molecule has 0 aliphatic carbocycles. The van der Waals surface area contributed by atoms with Crippen molar-refractivity contribution in [3.63, 3.8) is 0 Å². The third-order valence-electron chi connectivity index (χ3n) is 3.93. The molecule has 1 rings (SSSR count). The van der Waals surface area contributed by atoms with E-state index in [1.54, 1.807) is 0 Å². The molecular formula is C14H29N3O. The number of hydrogen-bond donors (Lipinski definition) is 1. The predicted molar refractivity (Wildman–Crippen MR) is 75.3 cm³/mol. The minimum absolute atomic E-state index is 0.000642. The van der Waals surface area contributed by atoms with Gasteiger partial charge in [-0.1, -0.05) is 20.8 Å². The van der Waals surface area contributed by atoms with Gasteiger partial charge in [0.15, 0.2) is 0 Å². The number of carbonyl (C=O) groups excluding carboxylic acids is 1. The van der Waals surface area contributed by atoms with Gasteiger partial charge in [-0.2, -0.15) is 0 Å². The molecule has 1 fully saturated rings. The summed E-state index contributed by atoms with van der Waals surface area (Å²) in [5.41, 5.74) is 0. The minimum Gasteiger partial charge on any atom is -0.325 e. The van der Waals surface area contributed by atoms with Gasteiger partial charge in [0.1, 0.15) is 0 Å². The van der Waals surface area contributed by atoms with E-state index in [1.807, 2.05) is 4.90 Å². The van der Waals surface area contributed by atoms with Gasteiger partial charge >= 0.3 is 0 Å². The van der Waals surface area contributed by atoms with Crippen molar-refractivity contribution >= 4 is 5.91 Å². The standard InChI is InChI=1S/C14H29N3O/c1-7-12-15-13(10(2)3)14(18)17(12)9-8-16(6)11(4)5/h10-13,15H,7-9H2,1-6H3. The zero-order valence-corrected chi connectivity index (χ0v) is 12.7. The second-order valence-corrected chi connectivity index (χ2v) is 5.92. The third-order valence-corrected chi connectivity index (χ3v) is 3.93. The lowest BCUT2D eigenvalue weighted by atomic mass is 10.1. The molecule has 1 aliphatic heterocycles. The second kappa shape index (κ2) is 6.53. The number of hydrogen-bond acceptors (Lipinski definition) is 3. The maximum atomic E-state index is 12.3. The Kier molecular flexibility index (Phi) is 5.60. The Morgan fingerprint density at radius 1 is 1.33 bits per heavy atom. The summed E-state index contributed by atoms with van der Waals surface area (Å²) >= 11 is 0. The quantitative estimate of drug-likeness (QED) is 0.781. The summed E-state index contributed by atoms with van der Waals surface area (Å²) in [5.74, 6) is 0.633. The van der Waals surface area contributed by atoms with Crippen LogP contribution >= 0.6 is 0 Å². The van der Waals surface area contributed by atoms with Crippen LogP contribution in [0.5, 0.6) is 0 Å². The van der Waals surface area contributed by atoms with Crippen molar-refractivity contribution in [2.75, 3.05) is 20.1 Å². The zero-order valence-electron chi connectivity index (χ0n) is 12.7. The minimum atomic E-state index is -0.000642. The van der Waals surface area contributed by atoms with Gasteiger partial charge in [0.2, 0.25) is 5.91 Å². The summed E-state index contributed by atoms with van der Waals surface area (Å²) in [6.45, 7) is 12.5. The summed E-state index contributed by atoms with van der Waals surface area (Å²) in [6.07, 6.45) is 1.19. The van der Waals surface area contributed by atoms with Crippen LogP contribution in [0.1, 0.15) is 41.0 Å². The highest BCUT2D eigenvalue weighted by atomic mass is 16.2. The summed E-state index contributed by atoms with van der Waals surface area (Å²) < 4.78 is 0. The van der Waals surface area contributed by atoms with E-state index in [0.717, 1.165) is 19.5 Å². The Hall–Kier alpha value is -0.610. The molecule has 0 aromatic rings. The van der Waals surface area contributed by atoms with Gasteiger partial charge in [-0.25, -0.2) is 0 Å². The van der Waals surface area contributed by atoms with Crippen LogP contribution < -0.4 is 5.32 Å². The molecule has 0 radical (unpaired) electrons. The molecule has 1 saturated heterocycles. The molecule has 0 saturated carbocycles. The smallest absolute Gasteiger partial charge is 0.241 e. The van der Waals surface area contributed by atoms with Crippen molar-refractivity contribution in [2.45, 2.75) is 59.3 Å². The Labute approximate surface area is 112 Å². The van der Waals surface area contributed by atoms with Gasteiger partial charge in [-0.05, 0) is 33.2 Å². The van der Waals surface area contributed by atoms with E-state index in [1.165, 1.54) is 0 Å². The maximum Gasteiger partial charge on any atom is 0.241 e. The van der Waals surface area contributed by atoms with Crippen LogP contribution in [-0.2, 0) is 4.79 Å². The van der Waals surface area contributed by atoms with E-state index in [0.29, 0.717) is 12.0 Å². The first kappa shape index (κ1) is 15.4. The van der Waals surface area contributed by atoms with Crippen LogP contribution in [0.4, 0.5) is 0 Å². The lowest BCUT2D eigenvalue weighted by Crippen LogP contribution is -2.42. The molecule has 0 aromatic carbocycles. The molecule has 1 heterocycles. The molecule has 0 spiro atoms. The number of amides is 1. The SMILES string of the molecule is CCC1NC(C(C)C)C(=O)N1CCN(C)C(C)C. The molecule has 18 heavy (non-hydrogen) atoms. The molecule has 106 valence electrons. The number of carbonyl (C=O) groups is 1. The van der Waals surface area contributed by atoms with E-state index in [9.17, 15) is 4.79 Å². The Morgan fingerprint density at radius 2 is 1.94 bits per heavy atom. The zero-order chi connectivity index (χ0) is 13.9. The number of nitrogens with zero attached hydrogens (tertiary/aromatic N) is 2. The number of rotatable bonds is 6. The Morgan fingerprint density at radius 3 is 2.39 bits per heavy atom. The predicted octanol–water partition coefficient (Wildman–Crippen LogP) is 1.52. The van der Waals surface area contributed by atoms with Crippen LogP contribution in [0.15, 0.2) is 0 Å². The van der Waals surface area contributed by atoms with Gasteiger partial charge in [0.25, 0.3) is 0 Å². The van der Waals surface area contributed by atoms with E-state index < -0.39 is 0 Å². The lowest BCUT2D eigenvalue weighted by Gasteiger charge is -2.27. The van der Waals surface area contributed by atoms with Crippen molar-refractivity contribution < 1.29 is 4.79 Å². The van der Waals surface area contributed by atoms with E-state index in [4.69, 9.17) is 0 Å². The van der Waals surface area contributed by atoms with Crippen molar-refractivity contribution in [1.29, 1.82) is 0 Å². The first-order valence-electron chi connectivity index (χ1n) is 7.15. The molecule has 4 nitrogen and oxygen atoms in total. The van der Waals surface area contributed by atoms with Gasteiger partial charge in [-0.15, -0.1) is 0 Å². The van der Waals surface area contributed by atoms with Crippen molar-refractivity contribution in [2.24, 2.45) is 5.92 Å². The fourth-order valence-electron chi connectivity index (χ4n) is 2.31. The number of nitrogens with one attached hydrogen (secondary N) is 1. The van der Waals surface area contributed by atoms with Gasteiger partial charge in [-0.3, -0.25) is 10.1 Å². The first-order valence-corrected chi connectivity index (χ1v) is 7.15. The second-order valence-electron chi connectivity index (χ2n) is 5.92. The molecule has 1 N–H and O–H groups in total. The van der Waals surface area contributed by atoms with Crippen LogP contribution in [-0.4, -0.2) is 54.1 Å². The molecule has 1 aliphatic rings. The Bertz CT molecular complexity index is 278. The monoisotopic (exact) mass is 255 g/mol. The summed E-state index contributed by atoms with van der Waals surface area (Å²) in [5, 5.41) is 3.45. The highest BCUT2D eigenvalue weighted by Crippen LogP contribution is 2.18. The topological polar surface area (TPSA) is 35.6 Å². The molecule has 2 atom stereocenters. The maximum absolute atomic E-state index is 12.3. The van der Waals surface area contributed by atoms with Crippen molar-refractivity contribution in [3.05, 3.63) is 0 Å². The van der Waals surface area contributed by atoms with Crippen molar-refractivity contribution in [3.8, 4) is 0 Å². The van der Waals surface area contributed by atoms with E-state index >= 15 is 0 Å². The first-order chi connectivity index (χ1) is 8.38. The average Bonchev–Trinajstić information content (AvgIpc) is 2.62. The summed E-state index contributed by atoms with van der Waals surface area (Å²) in [6, 6.07) is 0.524. The highest BCUT2D eigenvalue weighted by molar-refractivity contribution is 5.84. The third kappa shape index (κ3) is 3.45. The highest BCUT2D eigenvalue weighted by Gasteiger charge is 2.38. The Balaban J connectivity index is 2.60. The van der Waals surface area contributed by atoms with Crippen LogP contribution in [0.3, 0.4) is 0 Å². The van der Waals surface area contributed by atoms with E-state index in [2.05, 4.69) is 51.9 Å². The largest absolute Gasteiger partial charge is 0.325 e. The number of likely N-dealkylation sites (N-methyl/N-ethyl adjacent to an activating group) is 1. The normalized spacial score (nSPS) is 24.9. The average molecular weight is 255 g/mol. The van der Waals surface area contributed by atoms with E-state index in [-0.39, 0.29) is 18.1 Å². The molecule has 0 bridgehead atoms. The molecule has 1 amide bonds. The fraction of sp³-hybridized carbons (Fsp3) is 0.929. The van der Waals surface area contributed by atoms with Gasteiger partial charge < -0.3 is 9.80 Å². The molecule has 4 heteroatoms. The van der Waals surface area contributed by atoms with Crippen LogP contribution in [0.25, 0.3) is 0 Å². The van der Waals surface area contributed by atoms with Crippen molar-refractivity contribution in [1.82, 2.24) is 15.1 Å². The fourth-order valence-corrected chi connectivity index (χ4v) is 2.31. The molecular weight excluding hydrogens is 226 g/mol. The molecule has 0 aromatic heterocycles. The van der Waals surface area contributed by atoms with Gasteiger partial charge in [0.05, 0.1) is 12.2 Å².